The summed E-state index contributed by atoms with van der Waals surface area (Å²) < 4.78 is 11.5. The fourth-order valence-electron chi connectivity index (χ4n) is 1.80. The Morgan fingerprint density at radius 2 is 2.28 bits per heavy atom. The molecule has 1 aromatic carbocycles. The first-order valence-corrected chi connectivity index (χ1v) is 6.39. The van der Waals surface area contributed by atoms with Crippen LogP contribution in [0.5, 0.6) is 5.75 Å². The topological polar surface area (TPSA) is 61.3 Å². The number of aromatic nitrogens is 1. The third-order valence-corrected chi connectivity index (χ3v) is 3.19. The normalized spacial score (nSPS) is 12.4. The van der Waals surface area contributed by atoms with Gasteiger partial charge >= 0.3 is 0 Å². The molecule has 0 fully saturated rings. The molecule has 0 aliphatic rings. The lowest BCUT2D eigenvalue weighted by Crippen LogP contribution is -2.14. The molecule has 0 aliphatic carbocycles. The predicted octanol–water partition coefficient (Wildman–Crippen LogP) is 3.00. The van der Waals surface area contributed by atoms with Crippen LogP contribution in [0.25, 0.3) is 0 Å². The van der Waals surface area contributed by atoms with Crippen molar-refractivity contribution in [2.24, 2.45) is 5.73 Å². The number of methoxy groups -OCH3 is 1. The van der Waals surface area contributed by atoms with Gasteiger partial charge in [0.2, 0.25) is 0 Å². The quantitative estimate of drug-likeness (QED) is 0.943. The van der Waals surface area contributed by atoms with Crippen LogP contribution in [0.1, 0.15) is 23.2 Å². The van der Waals surface area contributed by atoms with E-state index in [4.69, 9.17) is 14.9 Å². The molecule has 0 amide bonds. The van der Waals surface area contributed by atoms with Gasteiger partial charge in [-0.1, -0.05) is 15.9 Å². The third kappa shape index (κ3) is 2.91. The molecule has 0 radical (unpaired) electrons. The highest BCUT2D eigenvalue weighted by Crippen LogP contribution is 2.26. The Morgan fingerprint density at radius 1 is 1.50 bits per heavy atom. The molecule has 18 heavy (non-hydrogen) atoms. The number of ether oxygens (including phenoxy) is 1. The van der Waals surface area contributed by atoms with E-state index in [-0.39, 0.29) is 6.04 Å². The minimum atomic E-state index is -0.203. The van der Waals surface area contributed by atoms with Crippen molar-refractivity contribution >= 4 is 15.9 Å². The first kappa shape index (κ1) is 13.1. The number of rotatable bonds is 4. The second-order valence-corrected chi connectivity index (χ2v) is 4.97. The zero-order chi connectivity index (χ0) is 13.1. The van der Waals surface area contributed by atoms with Gasteiger partial charge < -0.3 is 14.9 Å². The monoisotopic (exact) mass is 310 g/mol. The molecule has 5 heteroatoms. The maximum Gasteiger partial charge on any atom is 0.191 e. The Hall–Kier alpha value is -1.33. The molecule has 96 valence electrons. The average Bonchev–Trinajstić information content (AvgIpc) is 2.76. The molecule has 2 rings (SSSR count). The van der Waals surface area contributed by atoms with E-state index in [0.717, 1.165) is 21.5 Å². The van der Waals surface area contributed by atoms with E-state index >= 15 is 0 Å². The van der Waals surface area contributed by atoms with E-state index in [9.17, 15) is 0 Å². The van der Waals surface area contributed by atoms with Crippen molar-refractivity contribution in [3.05, 3.63) is 46.1 Å². The molecule has 0 saturated heterocycles. The van der Waals surface area contributed by atoms with Crippen molar-refractivity contribution in [3.8, 4) is 5.75 Å². The van der Waals surface area contributed by atoms with Crippen LogP contribution in [0.2, 0.25) is 0 Å². The highest BCUT2D eigenvalue weighted by molar-refractivity contribution is 9.10. The Morgan fingerprint density at radius 3 is 2.89 bits per heavy atom. The van der Waals surface area contributed by atoms with Crippen molar-refractivity contribution in [3.63, 3.8) is 0 Å². The van der Waals surface area contributed by atoms with Gasteiger partial charge in [-0.05, 0) is 30.2 Å². The predicted molar refractivity (Wildman–Crippen MR) is 72.6 cm³/mol. The first-order valence-electron chi connectivity index (χ1n) is 5.60. The summed E-state index contributed by atoms with van der Waals surface area (Å²) in [5.74, 6) is 1.45. The summed E-state index contributed by atoms with van der Waals surface area (Å²) in [4.78, 5) is 4.24. The van der Waals surface area contributed by atoms with Crippen LogP contribution in [0, 0.1) is 6.92 Å². The van der Waals surface area contributed by atoms with Crippen LogP contribution in [0.15, 0.2) is 33.4 Å². The van der Waals surface area contributed by atoms with Gasteiger partial charge in [0.25, 0.3) is 0 Å². The van der Waals surface area contributed by atoms with E-state index in [1.165, 1.54) is 0 Å². The molecule has 1 atom stereocenters. The summed E-state index contributed by atoms with van der Waals surface area (Å²) in [7, 11) is 1.65. The van der Waals surface area contributed by atoms with Crippen molar-refractivity contribution in [2.75, 3.05) is 7.11 Å². The zero-order valence-electron chi connectivity index (χ0n) is 10.3. The summed E-state index contributed by atoms with van der Waals surface area (Å²) in [5.41, 5.74) is 7.92. The molecule has 0 aliphatic heterocycles. The van der Waals surface area contributed by atoms with Crippen molar-refractivity contribution in [2.45, 2.75) is 19.4 Å². The maximum atomic E-state index is 6.12. The summed E-state index contributed by atoms with van der Waals surface area (Å²) in [5, 5.41) is 0. The minimum Gasteiger partial charge on any atom is -0.496 e. The molecule has 2 N–H and O–H groups in total. The second-order valence-electron chi connectivity index (χ2n) is 4.06. The lowest BCUT2D eigenvalue weighted by molar-refractivity contribution is 0.408. The lowest BCUT2D eigenvalue weighted by atomic mass is 10.0. The molecular weight excluding hydrogens is 296 g/mol. The number of oxazole rings is 1. The van der Waals surface area contributed by atoms with Crippen LogP contribution >= 0.6 is 15.9 Å². The number of nitrogens with zero attached hydrogens (tertiary/aromatic N) is 1. The molecular formula is C13H15BrN2O2. The van der Waals surface area contributed by atoms with Gasteiger partial charge in [0, 0.05) is 11.4 Å². The number of nitrogens with two attached hydrogens (primary N) is 1. The van der Waals surface area contributed by atoms with Gasteiger partial charge in [-0.3, -0.25) is 0 Å². The summed E-state index contributed by atoms with van der Waals surface area (Å²) in [6.45, 7) is 1.80. The second kappa shape index (κ2) is 5.54. The van der Waals surface area contributed by atoms with Gasteiger partial charge in [0.15, 0.2) is 5.89 Å². The number of benzene rings is 1. The zero-order valence-corrected chi connectivity index (χ0v) is 11.9. The van der Waals surface area contributed by atoms with Gasteiger partial charge in [0.1, 0.15) is 12.0 Å². The standard InChI is InChI=1S/C13H15BrN2O2/c1-8-16-12(7-18-8)11(15)6-9-5-10(14)3-4-13(9)17-2/h3-5,7,11H,6,15H2,1-2H3. The van der Waals surface area contributed by atoms with Gasteiger partial charge in [-0.15, -0.1) is 0 Å². The fraction of sp³-hybridized carbons (Fsp3) is 0.308. The lowest BCUT2D eigenvalue weighted by Gasteiger charge is -2.12. The van der Waals surface area contributed by atoms with Crippen LogP contribution in [-0.4, -0.2) is 12.1 Å². The fourth-order valence-corrected chi connectivity index (χ4v) is 2.21. The van der Waals surface area contributed by atoms with Crippen molar-refractivity contribution in [1.82, 2.24) is 4.98 Å². The van der Waals surface area contributed by atoms with Crippen LogP contribution in [-0.2, 0) is 6.42 Å². The van der Waals surface area contributed by atoms with Crippen LogP contribution in [0.3, 0.4) is 0 Å². The maximum absolute atomic E-state index is 6.12. The molecule has 0 bridgehead atoms. The number of halogens is 1. The molecule has 1 heterocycles. The summed E-state index contributed by atoms with van der Waals surface area (Å²) in [6, 6.07) is 5.66. The minimum absolute atomic E-state index is 0.203. The third-order valence-electron chi connectivity index (χ3n) is 2.70. The van der Waals surface area contributed by atoms with E-state index in [0.29, 0.717) is 12.3 Å². The summed E-state index contributed by atoms with van der Waals surface area (Å²) >= 11 is 3.45. The van der Waals surface area contributed by atoms with Crippen molar-refractivity contribution < 1.29 is 9.15 Å². The largest absolute Gasteiger partial charge is 0.496 e. The van der Waals surface area contributed by atoms with Gasteiger partial charge in [-0.25, -0.2) is 4.98 Å². The Labute approximate surface area is 114 Å². The first-order chi connectivity index (χ1) is 8.60. The molecule has 1 unspecified atom stereocenters. The SMILES string of the molecule is COc1ccc(Br)cc1CC(N)c1coc(C)n1. The summed E-state index contributed by atoms with van der Waals surface area (Å²) in [6.07, 6.45) is 2.25. The average molecular weight is 311 g/mol. The highest BCUT2D eigenvalue weighted by atomic mass is 79.9. The molecule has 1 aromatic heterocycles. The molecule has 0 spiro atoms. The Kier molecular flexibility index (Phi) is 4.04. The van der Waals surface area contributed by atoms with Crippen LogP contribution in [0.4, 0.5) is 0 Å². The van der Waals surface area contributed by atoms with Gasteiger partial charge in [-0.2, -0.15) is 0 Å². The van der Waals surface area contributed by atoms with Gasteiger partial charge in [0.05, 0.1) is 18.8 Å². The molecule has 4 nitrogen and oxygen atoms in total. The smallest absolute Gasteiger partial charge is 0.191 e. The van der Waals surface area contributed by atoms with E-state index < -0.39 is 0 Å². The molecule has 2 aromatic rings. The van der Waals surface area contributed by atoms with Crippen LogP contribution < -0.4 is 10.5 Å². The molecule has 0 saturated carbocycles. The number of hydrogen-bond acceptors (Lipinski definition) is 4. The number of hydrogen-bond donors (Lipinski definition) is 1. The van der Waals surface area contributed by atoms with E-state index in [1.54, 1.807) is 20.3 Å². The highest BCUT2D eigenvalue weighted by Gasteiger charge is 2.14. The van der Waals surface area contributed by atoms with E-state index in [2.05, 4.69) is 20.9 Å². The van der Waals surface area contributed by atoms with E-state index in [1.807, 2.05) is 18.2 Å². The Balaban J connectivity index is 2.20. The number of aryl methyl sites for hydroxylation is 1. The van der Waals surface area contributed by atoms with Crippen molar-refractivity contribution in [1.29, 1.82) is 0 Å². The Bertz CT molecular complexity index is 540.